The van der Waals surface area contributed by atoms with Crippen LogP contribution in [0.2, 0.25) is 0 Å². The average Bonchev–Trinajstić information content (AvgIpc) is 3.22. The molecule has 4 aromatic rings. The van der Waals surface area contributed by atoms with Crippen molar-refractivity contribution in [2.75, 3.05) is 51.9 Å². The van der Waals surface area contributed by atoms with Gasteiger partial charge < -0.3 is 29.4 Å². The lowest BCUT2D eigenvalue weighted by Crippen LogP contribution is -2.44. The van der Waals surface area contributed by atoms with Crippen LogP contribution in [-0.2, 0) is 0 Å². The summed E-state index contributed by atoms with van der Waals surface area (Å²) in [6, 6.07) is 12.3. The monoisotopic (exact) mass is 433 g/mol. The van der Waals surface area contributed by atoms with Gasteiger partial charge in [0.05, 0.1) is 20.8 Å². The largest absolute Gasteiger partial charge is 0.493 e. The number of nitrogens with zero attached hydrogens (tertiary/aromatic N) is 3. The smallest absolute Gasteiger partial charge is 0.243 e. The first kappa shape index (κ1) is 20.4. The van der Waals surface area contributed by atoms with Crippen molar-refractivity contribution in [2.24, 2.45) is 0 Å². The summed E-state index contributed by atoms with van der Waals surface area (Å²) in [6.07, 6.45) is 0. The van der Waals surface area contributed by atoms with E-state index in [9.17, 15) is 0 Å². The second-order valence-electron chi connectivity index (χ2n) is 7.68. The normalized spacial score (nSPS) is 14.2. The van der Waals surface area contributed by atoms with Gasteiger partial charge in [-0.15, -0.1) is 0 Å². The molecule has 0 spiro atoms. The molecular weight excluding hydrogens is 406 g/mol. The SMILES string of the molecule is CCOc1nc(N2CCNCC2)nc2c1[nH]c1cc(-c3ccc(OC)c(OC)c3)ccc12. The maximum absolute atomic E-state index is 5.90. The van der Waals surface area contributed by atoms with Crippen LogP contribution in [0.1, 0.15) is 6.92 Å². The van der Waals surface area contributed by atoms with Gasteiger partial charge in [-0.1, -0.05) is 18.2 Å². The summed E-state index contributed by atoms with van der Waals surface area (Å²) in [5.74, 6) is 2.72. The van der Waals surface area contributed by atoms with Crippen molar-refractivity contribution in [1.29, 1.82) is 0 Å². The molecule has 0 amide bonds. The maximum atomic E-state index is 5.90. The molecular formula is C24H27N5O3. The zero-order valence-corrected chi connectivity index (χ0v) is 18.6. The molecule has 5 rings (SSSR count). The van der Waals surface area contributed by atoms with E-state index in [4.69, 9.17) is 24.2 Å². The molecule has 2 aromatic heterocycles. The van der Waals surface area contributed by atoms with Gasteiger partial charge in [-0.25, -0.2) is 4.98 Å². The molecule has 166 valence electrons. The van der Waals surface area contributed by atoms with Gasteiger partial charge in [0, 0.05) is 37.1 Å². The number of benzene rings is 2. The third-order valence-electron chi connectivity index (χ3n) is 5.80. The Hall–Kier alpha value is -3.52. The van der Waals surface area contributed by atoms with Crippen molar-refractivity contribution in [1.82, 2.24) is 20.3 Å². The lowest BCUT2D eigenvalue weighted by Gasteiger charge is -2.27. The van der Waals surface area contributed by atoms with Crippen molar-refractivity contribution in [2.45, 2.75) is 6.92 Å². The molecule has 0 saturated carbocycles. The quantitative estimate of drug-likeness (QED) is 0.481. The predicted molar refractivity (Wildman–Crippen MR) is 126 cm³/mol. The van der Waals surface area contributed by atoms with Crippen molar-refractivity contribution >= 4 is 27.9 Å². The van der Waals surface area contributed by atoms with Crippen LogP contribution >= 0.6 is 0 Å². The van der Waals surface area contributed by atoms with E-state index in [-0.39, 0.29) is 0 Å². The van der Waals surface area contributed by atoms with Gasteiger partial charge in [0.15, 0.2) is 11.5 Å². The van der Waals surface area contributed by atoms with Crippen LogP contribution in [-0.4, -0.2) is 62.0 Å². The van der Waals surface area contributed by atoms with E-state index in [0.717, 1.165) is 59.2 Å². The van der Waals surface area contributed by atoms with Crippen LogP contribution in [0, 0.1) is 0 Å². The fraction of sp³-hybridized carbons (Fsp3) is 0.333. The summed E-state index contributed by atoms with van der Waals surface area (Å²) in [6.45, 7) is 6.11. The predicted octanol–water partition coefficient (Wildman–Crippen LogP) is 3.60. The van der Waals surface area contributed by atoms with Gasteiger partial charge in [-0.3, -0.25) is 0 Å². The number of hydrogen-bond donors (Lipinski definition) is 2. The highest BCUT2D eigenvalue weighted by molar-refractivity contribution is 6.07. The number of piperazine rings is 1. The summed E-state index contributed by atoms with van der Waals surface area (Å²) in [7, 11) is 3.28. The van der Waals surface area contributed by atoms with Crippen molar-refractivity contribution in [3.05, 3.63) is 36.4 Å². The summed E-state index contributed by atoms with van der Waals surface area (Å²) < 4.78 is 16.7. The zero-order chi connectivity index (χ0) is 22.1. The number of ether oxygens (including phenoxy) is 3. The molecule has 1 aliphatic heterocycles. The molecule has 0 aliphatic carbocycles. The van der Waals surface area contributed by atoms with Gasteiger partial charge in [0.25, 0.3) is 0 Å². The van der Waals surface area contributed by atoms with E-state index in [1.807, 2.05) is 25.1 Å². The topological polar surface area (TPSA) is 84.5 Å². The molecule has 8 nitrogen and oxygen atoms in total. The van der Waals surface area contributed by atoms with Crippen molar-refractivity contribution < 1.29 is 14.2 Å². The Morgan fingerprint density at radius 2 is 1.69 bits per heavy atom. The van der Waals surface area contributed by atoms with Crippen LogP contribution in [0.3, 0.4) is 0 Å². The fourth-order valence-corrected chi connectivity index (χ4v) is 4.17. The first-order valence-corrected chi connectivity index (χ1v) is 10.9. The van der Waals surface area contributed by atoms with E-state index >= 15 is 0 Å². The van der Waals surface area contributed by atoms with Gasteiger partial charge in [-0.2, -0.15) is 4.98 Å². The van der Waals surface area contributed by atoms with Crippen LogP contribution < -0.4 is 24.4 Å². The molecule has 2 N–H and O–H groups in total. The Kier molecular flexibility index (Phi) is 5.45. The lowest BCUT2D eigenvalue weighted by molar-refractivity contribution is 0.330. The molecule has 1 saturated heterocycles. The number of aromatic amines is 1. The molecule has 32 heavy (non-hydrogen) atoms. The lowest BCUT2D eigenvalue weighted by atomic mass is 10.0. The minimum atomic E-state index is 0.541. The van der Waals surface area contributed by atoms with E-state index in [0.29, 0.717) is 29.9 Å². The number of fused-ring (bicyclic) bond motifs is 3. The summed E-state index contributed by atoms with van der Waals surface area (Å²) >= 11 is 0. The highest BCUT2D eigenvalue weighted by atomic mass is 16.5. The molecule has 8 heteroatoms. The Labute approximate surface area is 186 Å². The minimum absolute atomic E-state index is 0.541. The number of anilines is 1. The summed E-state index contributed by atoms with van der Waals surface area (Å²) in [5, 5.41) is 4.42. The van der Waals surface area contributed by atoms with Crippen LogP contribution in [0.5, 0.6) is 17.4 Å². The Morgan fingerprint density at radius 3 is 2.44 bits per heavy atom. The number of aromatic nitrogens is 3. The van der Waals surface area contributed by atoms with Crippen LogP contribution in [0.15, 0.2) is 36.4 Å². The molecule has 0 atom stereocenters. The molecule has 2 aromatic carbocycles. The number of rotatable bonds is 6. The van der Waals surface area contributed by atoms with Gasteiger partial charge in [0.1, 0.15) is 11.0 Å². The van der Waals surface area contributed by atoms with Crippen LogP contribution in [0.25, 0.3) is 33.1 Å². The standard InChI is InChI=1S/C24H27N5O3/c1-4-32-23-22-21(27-24(28-23)29-11-9-25-10-12-29)17-7-5-15(13-18(17)26-22)16-6-8-19(30-2)20(14-16)31-3/h5-8,13-14,25-26H,4,9-12H2,1-3H3. The van der Waals surface area contributed by atoms with E-state index in [2.05, 4.69) is 33.4 Å². The third-order valence-corrected chi connectivity index (χ3v) is 5.80. The number of H-pyrrole nitrogens is 1. The zero-order valence-electron chi connectivity index (χ0n) is 18.6. The van der Waals surface area contributed by atoms with Crippen molar-refractivity contribution in [3.63, 3.8) is 0 Å². The highest BCUT2D eigenvalue weighted by Gasteiger charge is 2.20. The Morgan fingerprint density at radius 1 is 0.938 bits per heavy atom. The van der Waals surface area contributed by atoms with Gasteiger partial charge in [-0.05, 0) is 36.2 Å². The van der Waals surface area contributed by atoms with E-state index in [1.54, 1.807) is 14.2 Å². The summed E-state index contributed by atoms with van der Waals surface area (Å²) in [5.41, 5.74) is 4.80. The molecule has 1 aliphatic rings. The second kappa shape index (κ2) is 8.55. The summed E-state index contributed by atoms with van der Waals surface area (Å²) in [4.78, 5) is 15.3. The van der Waals surface area contributed by atoms with Crippen LogP contribution in [0.4, 0.5) is 5.95 Å². The molecule has 0 radical (unpaired) electrons. The first-order chi connectivity index (χ1) is 15.7. The van der Waals surface area contributed by atoms with E-state index in [1.165, 1.54) is 0 Å². The molecule has 1 fully saturated rings. The highest BCUT2D eigenvalue weighted by Crippen LogP contribution is 2.36. The molecule has 0 unspecified atom stereocenters. The number of methoxy groups -OCH3 is 2. The Bertz CT molecular complexity index is 1260. The minimum Gasteiger partial charge on any atom is -0.493 e. The third kappa shape index (κ3) is 3.56. The maximum Gasteiger partial charge on any atom is 0.243 e. The molecule has 0 bridgehead atoms. The number of nitrogens with one attached hydrogen (secondary N) is 2. The van der Waals surface area contributed by atoms with E-state index < -0.39 is 0 Å². The van der Waals surface area contributed by atoms with Crippen molar-refractivity contribution in [3.8, 4) is 28.5 Å². The fourth-order valence-electron chi connectivity index (χ4n) is 4.17. The second-order valence-corrected chi connectivity index (χ2v) is 7.68. The first-order valence-electron chi connectivity index (χ1n) is 10.9. The number of hydrogen-bond acceptors (Lipinski definition) is 7. The molecule has 3 heterocycles. The average molecular weight is 434 g/mol. The Balaban J connectivity index is 1.62. The van der Waals surface area contributed by atoms with Gasteiger partial charge >= 0.3 is 0 Å². The van der Waals surface area contributed by atoms with Gasteiger partial charge in [0.2, 0.25) is 11.8 Å².